The fourth-order valence-corrected chi connectivity index (χ4v) is 1.61. The number of likely N-dealkylation sites (N-methyl/N-ethyl adjacent to an activating group) is 2. The summed E-state index contributed by atoms with van der Waals surface area (Å²) in [4.78, 5) is 24.9. The molecule has 1 aromatic rings. The number of Topliss-reactive ketones (excluding diaryl/α,β-unsaturated/α-hetero) is 1. The van der Waals surface area contributed by atoms with Gasteiger partial charge in [-0.1, -0.05) is 6.92 Å². The van der Waals surface area contributed by atoms with E-state index in [4.69, 9.17) is 5.11 Å². The number of phenols is 2. The Morgan fingerprint density at radius 1 is 1.26 bits per heavy atom. The van der Waals surface area contributed by atoms with Gasteiger partial charge in [-0.15, -0.1) is 0 Å². The fraction of sp³-hybridized carbons (Fsp3) is 0.385. The molecule has 0 atom stereocenters. The number of hydrogen-bond acceptors (Lipinski definition) is 5. The number of aromatic hydroxyl groups is 2. The number of amides is 1. The molecule has 1 rings (SSSR count). The Bertz CT molecular complexity index is 474. The van der Waals surface area contributed by atoms with Crippen LogP contribution in [0, 0.1) is 0 Å². The lowest BCUT2D eigenvalue weighted by Gasteiger charge is -2.18. The minimum atomic E-state index is -0.303. The van der Waals surface area contributed by atoms with Crippen LogP contribution in [0.2, 0.25) is 0 Å². The van der Waals surface area contributed by atoms with Crippen LogP contribution in [-0.4, -0.2) is 53.5 Å². The van der Waals surface area contributed by atoms with Gasteiger partial charge in [0.2, 0.25) is 5.91 Å². The molecule has 1 amide bonds. The molecule has 0 saturated heterocycles. The summed E-state index contributed by atoms with van der Waals surface area (Å²) < 4.78 is 0. The number of phenolic OH excluding ortho intramolecular Hbond substituents is 2. The molecular weight excluding hydrogens is 248 g/mol. The molecule has 0 bridgehead atoms. The molecule has 0 aromatic heterocycles. The number of benzene rings is 1. The maximum atomic E-state index is 12.0. The fourth-order valence-electron chi connectivity index (χ4n) is 1.61. The van der Waals surface area contributed by atoms with Crippen LogP contribution in [0.25, 0.3) is 0 Å². The average molecular weight is 266 g/mol. The van der Waals surface area contributed by atoms with Crippen molar-refractivity contribution in [3.63, 3.8) is 0 Å². The summed E-state index contributed by atoms with van der Waals surface area (Å²) in [5.74, 6) is -0.847. The lowest BCUT2D eigenvalue weighted by molar-refractivity contribution is -0.121. The highest BCUT2D eigenvalue weighted by molar-refractivity contribution is 6.00. The first-order valence-corrected chi connectivity index (χ1v) is 5.96. The summed E-state index contributed by atoms with van der Waals surface area (Å²) in [5.41, 5.74) is 0.133. The summed E-state index contributed by atoms with van der Waals surface area (Å²) in [6.07, 6.45) is 0. The molecule has 0 aliphatic carbocycles. The third-order valence-electron chi connectivity index (χ3n) is 2.74. The second kappa shape index (κ2) is 6.75. The first kappa shape index (κ1) is 15.0. The van der Waals surface area contributed by atoms with Crippen LogP contribution >= 0.6 is 0 Å². The molecule has 0 saturated carbocycles. The second-order valence-electron chi connectivity index (χ2n) is 4.10. The van der Waals surface area contributed by atoms with Gasteiger partial charge in [0, 0.05) is 13.1 Å². The van der Waals surface area contributed by atoms with Crippen molar-refractivity contribution >= 4 is 11.7 Å². The molecular formula is C13H18N2O4. The molecule has 0 heterocycles. The van der Waals surface area contributed by atoms with Gasteiger partial charge in [0.1, 0.15) is 11.5 Å². The smallest absolute Gasteiger partial charge is 0.233 e. The van der Waals surface area contributed by atoms with Gasteiger partial charge in [-0.05, 0) is 18.7 Å². The Kier molecular flexibility index (Phi) is 5.32. The van der Waals surface area contributed by atoms with E-state index in [0.29, 0.717) is 6.54 Å². The number of nitrogens with zero attached hydrogens (tertiary/aromatic N) is 1. The quantitative estimate of drug-likeness (QED) is 0.646. The summed E-state index contributed by atoms with van der Waals surface area (Å²) in [6, 6.07) is 3.81. The predicted octanol–water partition coefficient (Wildman–Crippen LogP) is 0.348. The second-order valence-corrected chi connectivity index (χ2v) is 4.10. The van der Waals surface area contributed by atoms with Crippen molar-refractivity contribution in [1.29, 1.82) is 0 Å². The Labute approximate surface area is 111 Å². The van der Waals surface area contributed by atoms with Gasteiger partial charge < -0.3 is 15.5 Å². The van der Waals surface area contributed by atoms with E-state index in [1.54, 1.807) is 4.90 Å². The van der Waals surface area contributed by atoms with E-state index in [0.717, 1.165) is 6.07 Å². The van der Waals surface area contributed by atoms with Crippen LogP contribution < -0.4 is 5.32 Å². The first-order valence-electron chi connectivity index (χ1n) is 5.96. The van der Waals surface area contributed by atoms with Crippen molar-refractivity contribution in [3.8, 4) is 11.5 Å². The van der Waals surface area contributed by atoms with Crippen LogP contribution in [0.4, 0.5) is 0 Å². The number of ketones is 1. The molecule has 6 nitrogen and oxygen atoms in total. The summed E-state index contributed by atoms with van der Waals surface area (Å²) in [6.45, 7) is 2.53. The molecule has 0 spiro atoms. The summed E-state index contributed by atoms with van der Waals surface area (Å²) in [5, 5.41) is 21.2. The normalized spacial score (nSPS) is 10.5. The highest BCUT2D eigenvalue weighted by Crippen LogP contribution is 2.23. The van der Waals surface area contributed by atoms with E-state index < -0.39 is 0 Å². The first-order chi connectivity index (χ1) is 8.97. The van der Waals surface area contributed by atoms with E-state index in [1.807, 2.05) is 6.92 Å². The largest absolute Gasteiger partial charge is 0.508 e. The van der Waals surface area contributed by atoms with E-state index in [-0.39, 0.29) is 41.8 Å². The van der Waals surface area contributed by atoms with Gasteiger partial charge in [0.15, 0.2) is 5.78 Å². The van der Waals surface area contributed by atoms with Gasteiger partial charge in [0.05, 0.1) is 18.7 Å². The maximum Gasteiger partial charge on any atom is 0.233 e. The highest BCUT2D eigenvalue weighted by atomic mass is 16.3. The minimum Gasteiger partial charge on any atom is -0.508 e. The maximum absolute atomic E-state index is 12.0. The van der Waals surface area contributed by atoms with Crippen molar-refractivity contribution in [2.75, 3.05) is 26.7 Å². The zero-order valence-corrected chi connectivity index (χ0v) is 11.0. The zero-order valence-electron chi connectivity index (χ0n) is 11.0. The third-order valence-corrected chi connectivity index (χ3v) is 2.74. The van der Waals surface area contributed by atoms with Crippen LogP contribution in [0.3, 0.4) is 0 Å². The van der Waals surface area contributed by atoms with E-state index in [9.17, 15) is 14.7 Å². The van der Waals surface area contributed by atoms with Crippen LogP contribution in [0.1, 0.15) is 17.3 Å². The lowest BCUT2D eigenvalue weighted by Crippen LogP contribution is -2.38. The van der Waals surface area contributed by atoms with Crippen molar-refractivity contribution in [2.24, 2.45) is 0 Å². The Hall–Kier alpha value is -2.08. The van der Waals surface area contributed by atoms with Crippen molar-refractivity contribution < 1.29 is 19.8 Å². The Morgan fingerprint density at radius 2 is 1.95 bits per heavy atom. The van der Waals surface area contributed by atoms with E-state index >= 15 is 0 Å². The Balaban J connectivity index is 2.74. The predicted molar refractivity (Wildman–Crippen MR) is 70.3 cm³/mol. The molecule has 0 radical (unpaired) electrons. The minimum absolute atomic E-state index is 0.0300. The number of rotatable bonds is 6. The van der Waals surface area contributed by atoms with Crippen molar-refractivity contribution in [1.82, 2.24) is 10.2 Å². The van der Waals surface area contributed by atoms with Gasteiger partial charge in [-0.3, -0.25) is 14.5 Å². The molecule has 104 valence electrons. The standard InChI is InChI=1S/C13H18N2O4/c1-3-15(8-13(19)14-2)7-12(18)10-5-4-9(16)6-11(10)17/h4-6,16-17H,3,7-8H2,1-2H3,(H,14,19). The number of nitrogens with one attached hydrogen (secondary N) is 1. The molecule has 3 N–H and O–H groups in total. The highest BCUT2D eigenvalue weighted by Gasteiger charge is 2.16. The zero-order chi connectivity index (χ0) is 14.4. The van der Waals surface area contributed by atoms with Gasteiger partial charge in [0.25, 0.3) is 0 Å². The molecule has 0 fully saturated rings. The van der Waals surface area contributed by atoms with Gasteiger partial charge in [-0.2, -0.15) is 0 Å². The Morgan fingerprint density at radius 3 is 2.47 bits per heavy atom. The molecule has 0 aliphatic heterocycles. The number of carbonyl (C=O) groups excluding carboxylic acids is 2. The van der Waals surface area contributed by atoms with Crippen LogP contribution in [0.15, 0.2) is 18.2 Å². The third kappa shape index (κ3) is 4.26. The van der Waals surface area contributed by atoms with Crippen LogP contribution in [0.5, 0.6) is 11.5 Å². The molecule has 19 heavy (non-hydrogen) atoms. The molecule has 1 aromatic carbocycles. The van der Waals surface area contributed by atoms with Gasteiger partial charge >= 0.3 is 0 Å². The van der Waals surface area contributed by atoms with Crippen molar-refractivity contribution in [2.45, 2.75) is 6.92 Å². The SMILES string of the molecule is CCN(CC(=O)NC)CC(=O)c1ccc(O)cc1O. The number of carbonyl (C=O) groups is 2. The average Bonchev–Trinajstić information content (AvgIpc) is 2.37. The molecule has 0 aliphatic rings. The van der Waals surface area contributed by atoms with E-state index in [2.05, 4.69) is 5.32 Å². The molecule has 6 heteroatoms. The summed E-state index contributed by atoms with van der Waals surface area (Å²) in [7, 11) is 1.53. The molecule has 0 unspecified atom stereocenters. The van der Waals surface area contributed by atoms with E-state index in [1.165, 1.54) is 19.2 Å². The monoisotopic (exact) mass is 266 g/mol. The summed E-state index contributed by atoms with van der Waals surface area (Å²) >= 11 is 0. The van der Waals surface area contributed by atoms with Gasteiger partial charge in [-0.25, -0.2) is 0 Å². The topological polar surface area (TPSA) is 89.9 Å². The number of hydrogen-bond donors (Lipinski definition) is 3. The lowest BCUT2D eigenvalue weighted by atomic mass is 10.1. The van der Waals surface area contributed by atoms with Crippen LogP contribution in [-0.2, 0) is 4.79 Å². The van der Waals surface area contributed by atoms with Crippen molar-refractivity contribution in [3.05, 3.63) is 23.8 Å².